The van der Waals surface area contributed by atoms with Gasteiger partial charge in [-0.15, -0.1) is 11.8 Å². The van der Waals surface area contributed by atoms with Crippen molar-refractivity contribution < 1.29 is 29.3 Å². The Balaban J connectivity index is 4.29. The summed E-state index contributed by atoms with van der Waals surface area (Å²) in [6, 6.07) is 0. The highest BCUT2D eigenvalue weighted by atomic mass is 32.2. The zero-order valence-electron chi connectivity index (χ0n) is 7.59. The van der Waals surface area contributed by atoms with E-state index < -0.39 is 29.3 Å². The normalized spacial score (nSPS) is 14.1. The second-order valence-electron chi connectivity index (χ2n) is 2.40. The molecular weight excluding hydrogens is 212 g/mol. The van der Waals surface area contributed by atoms with E-state index in [1.807, 2.05) is 0 Å². The summed E-state index contributed by atoms with van der Waals surface area (Å²) in [7, 11) is 0. The second kappa shape index (κ2) is 5.48. The van der Waals surface area contributed by atoms with Gasteiger partial charge in [-0.05, 0) is 13.2 Å². The summed E-state index contributed by atoms with van der Waals surface area (Å²) in [5.41, 5.74) is -1.36. The summed E-state index contributed by atoms with van der Waals surface area (Å²) in [5.74, 6) is -5.08. The van der Waals surface area contributed by atoms with E-state index in [0.717, 1.165) is 18.7 Å². The molecule has 6 nitrogen and oxygen atoms in total. The Morgan fingerprint density at radius 2 is 1.71 bits per heavy atom. The van der Waals surface area contributed by atoms with Gasteiger partial charge in [-0.3, -0.25) is 9.59 Å². The number of aliphatic carboxylic acids is 2. The molecule has 0 saturated heterocycles. The first-order chi connectivity index (χ1) is 6.40. The van der Waals surface area contributed by atoms with Gasteiger partial charge in [-0.2, -0.15) is 0 Å². The van der Waals surface area contributed by atoms with Gasteiger partial charge in [0.15, 0.2) is 5.92 Å². The van der Waals surface area contributed by atoms with Gasteiger partial charge in [-0.25, -0.2) is 4.79 Å². The molecule has 0 amide bonds. The number of rotatable bonds is 5. The van der Waals surface area contributed by atoms with Gasteiger partial charge in [0.25, 0.3) is 0 Å². The topological polar surface area (TPSA) is 101 Å². The van der Waals surface area contributed by atoms with Gasteiger partial charge in [0.2, 0.25) is 5.44 Å². The van der Waals surface area contributed by atoms with Gasteiger partial charge in [-0.1, -0.05) is 0 Å². The predicted octanol–water partition coefficient (Wildman–Crippen LogP) is 0.0240. The van der Waals surface area contributed by atoms with Crippen LogP contribution in [0.5, 0.6) is 0 Å². The molecule has 0 aromatic rings. The minimum absolute atomic E-state index is 0.800. The maximum absolute atomic E-state index is 11.0. The van der Waals surface area contributed by atoms with Crippen LogP contribution in [0.4, 0.5) is 0 Å². The summed E-state index contributed by atoms with van der Waals surface area (Å²) in [6.07, 6.45) is 1.44. The highest BCUT2D eigenvalue weighted by Gasteiger charge is 2.28. The minimum Gasteiger partial charge on any atom is -0.481 e. The Hall–Kier alpha value is -1.24. The number of carboxylic acid groups (broad SMARTS) is 2. The first-order valence-electron chi connectivity index (χ1n) is 3.59. The van der Waals surface area contributed by atoms with Crippen LogP contribution in [0.25, 0.3) is 0 Å². The molecule has 2 unspecified atom stereocenters. The SMILES string of the molecule is CSC(OC(=O)C(C)C(=O)O)C(=O)O. The lowest BCUT2D eigenvalue weighted by Crippen LogP contribution is -2.30. The van der Waals surface area contributed by atoms with E-state index in [0.29, 0.717) is 0 Å². The molecule has 0 spiro atoms. The molecule has 0 heterocycles. The average molecular weight is 222 g/mol. The van der Waals surface area contributed by atoms with Gasteiger partial charge in [0, 0.05) is 0 Å². The second-order valence-corrected chi connectivity index (χ2v) is 3.30. The molecule has 80 valence electrons. The monoisotopic (exact) mass is 222 g/mol. The fourth-order valence-corrected chi connectivity index (χ4v) is 0.900. The molecule has 2 N–H and O–H groups in total. The van der Waals surface area contributed by atoms with Gasteiger partial charge in [0.05, 0.1) is 0 Å². The van der Waals surface area contributed by atoms with E-state index in [9.17, 15) is 14.4 Å². The van der Waals surface area contributed by atoms with E-state index in [1.54, 1.807) is 0 Å². The number of esters is 1. The molecule has 0 rings (SSSR count). The molecule has 0 aliphatic rings. The van der Waals surface area contributed by atoms with Crippen molar-refractivity contribution in [3.05, 3.63) is 0 Å². The van der Waals surface area contributed by atoms with Crippen LogP contribution in [-0.2, 0) is 19.1 Å². The number of ether oxygens (including phenoxy) is 1. The van der Waals surface area contributed by atoms with Crippen LogP contribution < -0.4 is 0 Å². The molecule has 14 heavy (non-hydrogen) atoms. The Labute approximate surface area is 84.2 Å². The third kappa shape index (κ3) is 3.65. The molecule has 0 bridgehead atoms. The van der Waals surface area contributed by atoms with Crippen LogP contribution in [-0.4, -0.2) is 39.8 Å². The molecule has 7 heteroatoms. The number of carboxylic acids is 2. The van der Waals surface area contributed by atoms with Crippen LogP contribution in [0, 0.1) is 5.92 Å². The Morgan fingerprint density at radius 3 is 2.00 bits per heavy atom. The fraction of sp³-hybridized carbons (Fsp3) is 0.571. The van der Waals surface area contributed by atoms with Crippen molar-refractivity contribution in [3.63, 3.8) is 0 Å². The van der Waals surface area contributed by atoms with Gasteiger partial charge < -0.3 is 14.9 Å². The molecule has 0 aromatic carbocycles. The first-order valence-corrected chi connectivity index (χ1v) is 4.87. The van der Waals surface area contributed by atoms with Crippen LogP contribution >= 0.6 is 11.8 Å². The molecule has 2 atom stereocenters. The number of thioether (sulfide) groups is 1. The lowest BCUT2D eigenvalue weighted by atomic mass is 10.2. The molecule has 0 saturated carbocycles. The van der Waals surface area contributed by atoms with Gasteiger partial charge in [0.1, 0.15) is 0 Å². The smallest absolute Gasteiger partial charge is 0.355 e. The summed E-state index contributed by atoms with van der Waals surface area (Å²) in [4.78, 5) is 31.7. The van der Waals surface area contributed by atoms with Crippen LogP contribution in [0.15, 0.2) is 0 Å². The molecule has 0 aromatic heterocycles. The third-order valence-corrected chi connectivity index (χ3v) is 2.09. The van der Waals surface area contributed by atoms with Crippen LogP contribution in [0.3, 0.4) is 0 Å². The van der Waals surface area contributed by atoms with Crippen molar-refractivity contribution in [2.24, 2.45) is 5.92 Å². The molecule has 0 radical (unpaired) electrons. The molecule has 0 aliphatic heterocycles. The van der Waals surface area contributed by atoms with Crippen LogP contribution in [0.2, 0.25) is 0 Å². The van der Waals surface area contributed by atoms with Crippen molar-refractivity contribution in [1.29, 1.82) is 0 Å². The number of hydrogen-bond donors (Lipinski definition) is 2. The number of carbonyl (C=O) groups excluding carboxylic acids is 1. The van der Waals surface area contributed by atoms with Crippen molar-refractivity contribution in [2.45, 2.75) is 12.4 Å². The van der Waals surface area contributed by atoms with E-state index >= 15 is 0 Å². The zero-order valence-corrected chi connectivity index (χ0v) is 8.41. The zero-order chi connectivity index (χ0) is 11.3. The highest BCUT2D eigenvalue weighted by molar-refractivity contribution is 7.99. The highest BCUT2D eigenvalue weighted by Crippen LogP contribution is 2.11. The minimum atomic E-state index is -1.36. The summed E-state index contributed by atoms with van der Waals surface area (Å²) >= 11 is 0.800. The Kier molecular flexibility index (Phi) is 5.00. The largest absolute Gasteiger partial charge is 0.481 e. The maximum Gasteiger partial charge on any atom is 0.355 e. The van der Waals surface area contributed by atoms with Crippen molar-refractivity contribution in [1.82, 2.24) is 0 Å². The molecule has 0 aliphatic carbocycles. The standard InChI is InChI=1S/C7H10O6S/c1-3(4(8)9)6(12)13-7(14-2)5(10)11/h3,7H,1-2H3,(H,8,9)(H,10,11). The van der Waals surface area contributed by atoms with Crippen molar-refractivity contribution in [2.75, 3.05) is 6.26 Å². The molecular formula is C7H10O6S. The fourth-order valence-electron chi connectivity index (χ4n) is 0.508. The van der Waals surface area contributed by atoms with Crippen molar-refractivity contribution >= 4 is 29.7 Å². The maximum atomic E-state index is 11.0. The van der Waals surface area contributed by atoms with Crippen LogP contribution in [0.1, 0.15) is 6.92 Å². The quantitative estimate of drug-likeness (QED) is 0.384. The summed E-state index contributed by atoms with van der Waals surface area (Å²) in [6.45, 7) is 1.13. The Morgan fingerprint density at radius 1 is 1.21 bits per heavy atom. The van der Waals surface area contributed by atoms with E-state index in [-0.39, 0.29) is 0 Å². The number of carbonyl (C=O) groups is 3. The number of hydrogen-bond acceptors (Lipinski definition) is 5. The van der Waals surface area contributed by atoms with E-state index in [2.05, 4.69) is 4.74 Å². The van der Waals surface area contributed by atoms with Gasteiger partial charge >= 0.3 is 17.9 Å². The summed E-state index contributed by atoms with van der Waals surface area (Å²) < 4.78 is 4.43. The lowest BCUT2D eigenvalue weighted by molar-refractivity contribution is -0.165. The lowest BCUT2D eigenvalue weighted by Gasteiger charge is -2.12. The van der Waals surface area contributed by atoms with E-state index in [1.165, 1.54) is 6.26 Å². The first kappa shape index (κ1) is 12.8. The summed E-state index contributed by atoms with van der Waals surface area (Å²) in [5, 5.41) is 16.9. The van der Waals surface area contributed by atoms with E-state index in [4.69, 9.17) is 10.2 Å². The third-order valence-electron chi connectivity index (χ3n) is 1.36. The Bertz CT molecular complexity index is 251. The molecule has 0 fully saturated rings. The predicted molar refractivity (Wildman–Crippen MR) is 47.8 cm³/mol. The average Bonchev–Trinajstić information content (AvgIpc) is 2.11. The van der Waals surface area contributed by atoms with Crippen molar-refractivity contribution in [3.8, 4) is 0 Å².